The van der Waals surface area contributed by atoms with Crippen LogP contribution in [-0.2, 0) is 4.79 Å². The Morgan fingerprint density at radius 1 is 1.29 bits per heavy atom. The van der Waals surface area contributed by atoms with E-state index in [0.717, 1.165) is 25.7 Å². The molecule has 0 aromatic heterocycles. The molecule has 0 saturated heterocycles. The Kier molecular flexibility index (Phi) is 3.53. The first-order valence-electron chi connectivity index (χ1n) is 5.38. The van der Waals surface area contributed by atoms with Crippen LogP contribution in [0.2, 0.25) is 0 Å². The number of aliphatic hydroxyl groups is 1. The molecule has 3 nitrogen and oxygen atoms in total. The van der Waals surface area contributed by atoms with E-state index in [0.29, 0.717) is 0 Å². The van der Waals surface area contributed by atoms with Gasteiger partial charge in [0.2, 0.25) is 0 Å². The van der Waals surface area contributed by atoms with E-state index >= 15 is 0 Å². The van der Waals surface area contributed by atoms with Gasteiger partial charge in [-0.3, -0.25) is 4.79 Å². The summed E-state index contributed by atoms with van der Waals surface area (Å²) < 4.78 is 0. The smallest absolute Gasteiger partial charge is 0.309 e. The molecule has 14 heavy (non-hydrogen) atoms. The molecule has 0 aromatic carbocycles. The number of carboxylic acids is 1. The predicted molar refractivity (Wildman–Crippen MR) is 54.0 cm³/mol. The molecule has 1 fully saturated rings. The maximum Gasteiger partial charge on any atom is 0.309 e. The minimum absolute atomic E-state index is 0.154. The van der Waals surface area contributed by atoms with Gasteiger partial charge in [-0.2, -0.15) is 0 Å². The number of rotatable bonds is 3. The van der Waals surface area contributed by atoms with Crippen LogP contribution in [0.4, 0.5) is 0 Å². The summed E-state index contributed by atoms with van der Waals surface area (Å²) in [5.41, 5.74) is -1.10. The van der Waals surface area contributed by atoms with Gasteiger partial charge in [-0.1, -0.05) is 19.3 Å². The molecule has 1 unspecified atom stereocenters. The topological polar surface area (TPSA) is 57.5 Å². The molecule has 0 spiro atoms. The third-order valence-corrected chi connectivity index (χ3v) is 3.15. The lowest BCUT2D eigenvalue weighted by atomic mass is 9.73. The van der Waals surface area contributed by atoms with Crippen molar-refractivity contribution in [1.29, 1.82) is 0 Å². The van der Waals surface area contributed by atoms with E-state index < -0.39 is 17.5 Å². The Balaban J connectivity index is 2.71. The second-order valence-corrected chi connectivity index (χ2v) is 4.87. The Labute approximate surface area is 85.1 Å². The van der Waals surface area contributed by atoms with Gasteiger partial charge in [-0.05, 0) is 32.6 Å². The van der Waals surface area contributed by atoms with Crippen LogP contribution in [0, 0.1) is 11.8 Å². The monoisotopic (exact) mass is 200 g/mol. The number of carbonyl (C=O) groups is 1. The van der Waals surface area contributed by atoms with Crippen LogP contribution < -0.4 is 0 Å². The summed E-state index contributed by atoms with van der Waals surface area (Å²) in [7, 11) is 0. The summed E-state index contributed by atoms with van der Waals surface area (Å²) >= 11 is 0. The molecular formula is C11H20O3. The third-order valence-electron chi connectivity index (χ3n) is 3.15. The molecule has 1 rings (SSSR count). The first kappa shape index (κ1) is 11.5. The van der Waals surface area contributed by atoms with Crippen LogP contribution in [0.5, 0.6) is 0 Å². The van der Waals surface area contributed by atoms with Gasteiger partial charge in [-0.15, -0.1) is 0 Å². The highest BCUT2D eigenvalue weighted by Gasteiger charge is 2.39. The molecule has 1 aliphatic carbocycles. The fourth-order valence-corrected chi connectivity index (χ4v) is 2.55. The number of hydrogen-bond donors (Lipinski definition) is 2. The van der Waals surface area contributed by atoms with E-state index in [-0.39, 0.29) is 5.92 Å². The van der Waals surface area contributed by atoms with Crippen LogP contribution in [0.1, 0.15) is 46.0 Å². The SMILES string of the molecule is CC(C)(O)C(C(=O)O)C1CCCCC1. The summed E-state index contributed by atoms with van der Waals surface area (Å²) in [6.07, 6.45) is 5.30. The van der Waals surface area contributed by atoms with Gasteiger partial charge in [0.15, 0.2) is 0 Å². The maximum atomic E-state index is 11.1. The molecule has 2 N–H and O–H groups in total. The Morgan fingerprint density at radius 2 is 1.79 bits per heavy atom. The van der Waals surface area contributed by atoms with Gasteiger partial charge >= 0.3 is 5.97 Å². The van der Waals surface area contributed by atoms with E-state index in [2.05, 4.69) is 0 Å². The highest BCUT2D eigenvalue weighted by atomic mass is 16.4. The molecule has 82 valence electrons. The Morgan fingerprint density at radius 3 is 2.14 bits per heavy atom. The van der Waals surface area contributed by atoms with Gasteiger partial charge in [0.1, 0.15) is 0 Å². The van der Waals surface area contributed by atoms with E-state index in [1.165, 1.54) is 6.42 Å². The van der Waals surface area contributed by atoms with Gasteiger partial charge in [0.25, 0.3) is 0 Å². The number of carboxylic acid groups (broad SMARTS) is 1. The maximum absolute atomic E-state index is 11.1. The van der Waals surface area contributed by atoms with Crippen molar-refractivity contribution in [1.82, 2.24) is 0 Å². The van der Waals surface area contributed by atoms with Crippen molar-refractivity contribution < 1.29 is 15.0 Å². The largest absolute Gasteiger partial charge is 0.481 e. The lowest BCUT2D eigenvalue weighted by Gasteiger charge is -2.34. The molecule has 0 bridgehead atoms. The molecule has 0 amide bonds. The molecule has 1 atom stereocenters. The first-order chi connectivity index (χ1) is 6.43. The summed E-state index contributed by atoms with van der Waals surface area (Å²) in [6, 6.07) is 0. The third kappa shape index (κ3) is 2.71. The zero-order valence-corrected chi connectivity index (χ0v) is 8.99. The molecule has 0 aromatic rings. The van der Waals surface area contributed by atoms with Crippen molar-refractivity contribution in [2.24, 2.45) is 11.8 Å². The van der Waals surface area contributed by atoms with Crippen LogP contribution >= 0.6 is 0 Å². The first-order valence-corrected chi connectivity index (χ1v) is 5.38. The molecular weight excluding hydrogens is 180 g/mol. The van der Waals surface area contributed by atoms with Crippen LogP contribution in [-0.4, -0.2) is 21.8 Å². The fourth-order valence-electron chi connectivity index (χ4n) is 2.55. The summed E-state index contributed by atoms with van der Waals surface area (Å²) in [5.74, 6) is -1.31. The number of hydrogen-bond acceptors (Lipinski definition) is 2. The normalized spacial score (nSPS) is 21.9. The van der Waals surface area contributed by atoms with Crippen molar-refractivity contribution in [2.45, 2.75) is 51.6 Å². The van der Waals surface area contributed by atoms with Crippen molar-refractivity contribution in [3.8, 4) is 0 Å². The zero-order valence-electron chi connectivity index (χ0n) is 8.99. The molecule has 1 saturated carbocycles. The van der Waals surface area contributed by atoms with E-state index in [9.17, 15) is 9.90 Å². The van der Waals surface area contributed by atoms with E-state index in [1.807, 2.05) is 0 Å². The minimum Gasteiger partial charge on any atom is -0.481 e. The average Bonchev–Trinajstić information content (AvgIpc) is 2.02. The van der Waals surface area contributed by atoms with Gasteiger partial charge < -0.3 is 10.2 Å². The molecule has 0 heterocycles. The van der Waals surface area contributed by atoms with Gasteiger partial charge in [0, 0.05) is 0 Å². The average molecular weight is 200 g/mol. The second kappa shape index (κ2) is 4.30. The van der Waals surface area contributed by atoms with Crippen molar-refractivity contribution in [2.75, 3.05) is 0 Å². The number of aliphatic carboxylic acids is 1. The predicted octanol–water partition coefficient (Wildman–Crippen LogP) is 2.04. The van der Waals surface area contributed by atoms with Crippen LogP contribution in [0.3, 0.4) is 0 Å². The van der Waals surface area contributed by atoms with E-state index in [1.54, 1.807) is 13.8 Å². The van der Waals surface area contributed by atoms with Crippen molar-refractivity contribution >= 4 is 5.97 Å². The van der Waals surface area contributed by atoms with Gasteiger partial charge in [-0.25, -0.2) is 0 Å². The van der Waals surface area contributed by atoms with Crippen LogP contribution in [0.15, 0.2) is 0 Å². The van der Waals surface area contributed by atoms with Crippen molar-refractivity contribution in [3.63, 3.8) is 0 Å². The standard InChI is InChI=1S/C11H20O3/c1-11(2,14)9(10(12)13)8-6-4-3-5-7-8/h8-9,14H,3-7H2,1-2H3,(H,12,13). The quantitative estimate of drug-likeness (QED) is 0.733. The highest BCUT2D eigenvalue weighted by molar-refractivity contribution is 5.71. The highest BCUT2D eigenvalue weighted by Crippen LogP contribution is 2.35. The summed E-state index contributed by atoms with van der Waals surface area (Å²) in [6.45, 7) is 3.20. The summed E-state index contributed by atoms with van der Waals surface area (Å²) in [5, 5.41) is 18.9. The van der Waals surface area contributed by atoms with E-state index in [4.69, 9.17) is 5.11 Å². The lowest BCUT2D eigenvalue weighted by molar-refractivity contribution is -0.154. The lowest BCUT2D eigenvalue weighted by Crippen LogP contribution is -2.42. The summed E-state index contributed by atoms with van der Waals surface area (Å²) in [4.78, 5) is 11.1. The van der Waals surface area contributed by atoms with Crippen molar-refractivity contribution in [3.05, 3.63) is 0 Å². The zero-order chi connectivity index (χ0) is 10.8. The Hall–Kier alpha value is -0.570. The van der Waals surface area contributed by atoms with Gasteiger partial charge in [0.05, 0.1) is 11.5 Å². The second-order valence-electron chi connectivity index (χ2n) is 4.87. The van der Waals surface area contributed by atoms with Crippen LogP contribution in [0.25, 0.3) is 0 Å². The molecule has 0 aliphatic heterocycles. The molecule has 1 aliphatic rings. The molecule has 3 heteroatoms. The molecule has 0 radical (unpaired) electrons. The minimum atomic E-state index is -1.10. The fraction of sp³-hybridized carbons (Fsp3) is 0.909. The Bertz CT molecular complexity index is 199.